The minimum absolute atomic E-state index is 0.00343. The SMILES string of the molecule is CCOC(=O)[C@H]1NCC[C@@H]2C[C@@H]21. The molecule has 3 nitrogen and oxygen atoms in total. The van der Waals surface area contributed by atoms with E-state index in [1.54, 1.807) is 0 Å². The third-order valence-electron chi connectivity index (χ3n) is 2.83. The first-order valence-corrected chi connectivity index (χ1v) is 4.73. The van der Waals surface area contributed by atoms with Crippen molar-refractivity contribution < 1.29 is 9.53 Å². The monoisotopic (exact) mass is 169 g/mol. The zero-order chi connectivity index (χ0) is 8.55. The quantitative estimate of drug-likeness (QED) is 0.613. The van der Waals surface area contributed by atoms with E-state index in [1.165, 1.54) is 12.8 Å². The number of ether oxygens (including phenoxy) is 1. The van der Waals surface area contributed by atoms with E-state index >= 15 is 0 Å². The molecule has 3 atom stereocenters. The van der Waals surface area contributed by atoms with E-state index in [1.807, 2.05) is 6.92 Å². The molecule has 1 heterocycles. The lowest BCUT2D eigenvalue weighted by atomic mass is 10.1. The molecule has 1 aliphatic heterocycles. The molecule has 0 aromatic heterocycles. The molecule has 0 aromatic carbocycles. The highest BCUT2D eigenvalue weighted by Crippen LogP contribution is 2.46. The summed E-state index contributed by atoms with van der Waals surface area (Å²) in [5.41, 5.74) is 0. The number of fused-ring (bicyclic) bond motifs is 1. The maximum atomic E-state index is 11.4. The van der Waals surface area contributed by atoms with Crippen molar-refractivity contribution in [3.8, 4) is 0 Å². The summed E-state index contributed by atoms with van der Waals surface area (Å²) < 4.78 is 4.98. The summed E-state index contributed by atoms with van der Waals surface area (Å²) in [6, 6.07) is 0.00343. The van der Waals surface area contributed by atoms with Crippen molar-refractivity contribution in [3.63, 3.8) is 0 Å². The normalized spacial score (nSPS) is 38.6. The van der Waals surface area contributed by atoms with Gasteiger partial charge in [0.2, 0.25) is 0 Å². The minimum atomic E-state index is -0.0512. The van der Waals surface area contributed by atoms with E-state index in [-0.39, 0.29) is 12.0 Å². The van der Waals surface area contributed by atoms with E-state index < -0.39 is 0 Å². The number of hydrogen-bond donors (Lipinski definition) is 1. The Kier molecular flexibility index (Phi) is 2.05. The summed E-state index contributed by atoms with van der Waals surface area (Å²) in [5, 5.41) is 3.22. The van der Waals surface area contributed by atoms with E-state index in [0.29, 0.717) is 12.5 Å². The van der Waals surface area contributed by atoms with Crippen molar-refractivity contribution in [2.45, 2.75) is 25.8 Å². The Labute approximate surface area is 72.5 Å². The fraction of sp³-hybridized carbons (Fsp3) is 0.889. The molecule has 0 bridgehead atoms. The Balaban J connectivity index is 1.90. The predicted octanol–water partition coefficient (Wildman–Crippen LogP) is 0.547. The Hall–Kier alpha value is -0.570. The number of piperidine rings is 1. The highest BCUT2D eigenvalue weighted by molar-refractivity contribution is 5.77. The first-order chi connectivity index (χ1) is 5.83. The van der Waals surface area contributed by atoms with Gasteiger partial charge in [-0.25, -0.2) is 0 Å². The lowest BCUT2D eigenvalue weighted by Crippen LogP contribution is -2.43. The number of rotatable bonds is 2. The summed E-state index contributed by atoms with van der Waals surface area (Å²) in [4.78, 5) is 11.4. The molecule has 1 aliphatic carbocycles. The van der Waals surface area contributed by atoms with Crippen LogP contribution < -0.4 is 5.32 Å². The molecule has 0 radical (unpaired) electrons. The van der Waals surface area contributed by atoms with Gasteiger partial charge in [0.25, 0.3) is 0 Å². The molecule has 1 saturated heterocycles. The average molecular weight is 169 g/mol. The number of carbonyl (C=O) groups is 1. The van der Waals surface area contributed by atoms with Crippen LogP contribution in [0.3, 0.4) is 0 Å². The van der Waals surface area contributed by atoms with E-state index in [2.05, 4.69) is 5.32 Å². The third kappa shape index (κ3) is 1.33. The molecule has 2 aliphatic rings. The van der Waals surface area contributed by atoms with Gasteiger partial charge in [-0.3, -0.25) is 4.79 Å². The first kappa shape index (κ1) is 8.05. The van der Waals surface area contributed by atoms with Crippen molar-refractivity contribution in [3.05, 3.63) is 0 Å². The zero-order valence-corrected chi connectivity index (χ0v) is 7.38. The fourth-order valence-corrected chi connectivity index (χ4v) is 2.08. The lowest BCUT2D eigenvalue weighted by Gasteiger charge is -2.20. The van der Waals surface area contributed by atoms with Crippen LogP contribution in [0.15, 0.2) is 0 Å². The molecule has 1 saturated carbocycles. The Morgan fingerprint density at radius 1 is 1.67 bits per heavy atom. The summed E-state index contributed by atoms with van der Waals surface area (Å²) >= 11 is 0. The van der Waals surface area contributed by atoms with Gasteiger partial charge in [-0.15, -0.1) is 0 Å². The van der Waals surface area contributed by atoms with Gasteiger partial charge < -0.3 is 10.1 Å². The molecule has 68 valence electrons. The summed E-state index contributed by atoms with van der Waals surface area (Å²) in [6.45, 7) is 3.32. The zero-order valence-electron chi connectivity index (χ0n) is 7.38. The second-order valence-electron chi connectivity index (χ2n) is 3.63. The van der Waals surface area contributed by atoms with Crippen molar-refractivity contribution in [1.82, 2.24) is 5.32 Å². The fourth-order valence-electron chi connectivity index (χ4n) is 2.08. The molecule has 2 rings (SSSR count). The van der Waals surface area contributed by atoms with Gasteiger partial charge in [0, 0.05) is 0 Å². The number of hydrogen-bond acceptors (Lipinski definition) is 3. The van der Waals surface area contributed by atoms with E-state index in [9.17, 15) is 4.79 Å². The van der Waals surface area contributed by atoms with E-state index in [4.69, 9.17) is 4.74 Å². The van der Waals surface area contributed by atoms with Crippen LogP contribution in [0.1, 0.15) is 19.8 Å². The molecule has 0 amide bonds. The molecule has 0 spiro atoms. The van der Waals surface area contributed by atoms with Gasteiger partial charge in [0.05, 0.1) is 6.61 Å². The van der Waals surface area contributed by atoms with Crippen LogP contribution >= 0.6 is 0 Å². The average Bonchev–Trinajstić information content (AvgIpc) is 2.81. The van der Waals surface area contributed by atoms with Crippen molar-refractivity contribution in [1.29, 1.82) is 0 Å². The Morgan fingerprint density at radius 3 is 3.25 bits per heavy atom. The second kappa shape index (κ2) is 3.05. The number of nitrogens with one attached hydrogen (secondary N) is 1. The topological polar surface area (TPSA) is 38.3 Å². The van der Waals surface area contributed by atoms with Crippen LogP contribution in [0.25, 0.3) is 0 Å². The molecule has 3 heteroatoms. The van der Waals surface area contributed by atoms with Gasteiger partial charge >= 0.3 is 5.97 Å². The molecule has 12 heavy (non-hydrogen) atoms. The number of esters is 1. The van der Waals surface area contributed by atoms with Crippen molar-refractivity contribution >= 4 is 5.97 Å². The highest BCUT2D eigenvalue weighted by atomic mass is 16.5. The van der Waals surface area contributed by atoms with Crippen LogP contribution in [-0.2, 0) is 9.53 Å². The first-order valence-electron chi connectivity index (χ1n) is 4.73. The maximum Gasteiger partial charge on any atom is 0.323 e. The number of carbonyl (C=O) groups excluding carboxylic acids is 1. The van der Waals surface area contributed by atoms with Crippen LogP contribution in [-0.4, -0.2) is 25.2 Å². The highest BCUT2D eigenvalue weighted by Gasteiger charge is 2.48. The second-order valence-corrected chi connectivity index (χ2v) is 3.63. The van der Waals surface area contributed by atoms with Crippen LogP contribution in [0.5, 0.6) is 0 Å². The molecular weight excluding hydrogens is 154 g/mol. The Morgan fingerprint density at radius 2 is 2.50 bits per heavy atom. The van der Waals surface area contributed by atoms with E-state index in [0.717, 1.165) is 12.5 Å². The van der Waals surface area contributed by atoms with Crippen LogP contribution in [0.4, 0.5) is 0 Å². The molecule has 2 fully saturated rings. The smallest absolute Gasteiger partial charge is 0.323 e. The predicted molar refractivity (Wildman–Crippen MR) is 44.6 cm³/mol. The van der Waals surface area contributed by atoms with Crippen LogP contribution in [0, 0.1) is 11.8 Å². The molecule has 0 aromatic rings. The Bertz CT molecular complexity index is 193. The largest absolute Gasteiger partial charge is 0.465 e. The standard InChI is InChI=1S/C9H15NO2/c1-2-12-9(11)8-7-5-6(7)3-4-10-8/h6-8,10H,2-5H2,1H3/t6-,7+,8+/m1/s1. The molecular formula is C9H15NO2. The summed E-state index contributed by atoms with van der Waals surface area (Å²) in [7, 11) is 0. The summed E-state index contributed by atoms with van der Waals surface area (Å²) in [5.74, 6) is 1.34. The van der Waals surface area contributed by atoms with Gasteiger partial charge in [0.1, 0.15) is 6.04 Å². The van der Waals surface area contributed by atoms with Crippen molar-refractivity contribution in [2.24, 2.45) is 11.8 Å². The minimum Gasteiger partial charge on any atom is -0.465 e. The van der Waals surface area contributed by atoms with Gasteiger partial charge in [-0.1, -0.05) is 0 Å². The summed E-state index contributed by atoms with van der Waals surface area (Å²) in [6.07, 6.45) is 2.46. The van der Waals surface area contributed by atoms with Gasteiger partial charge in [-0.05, 0) is 38.1 Å². The van der Waals surface area contributed by atoms with Crippen molar-refractivity contribution in [2.75, 3.05) is 13.2 Å². The van der Waals surface area contributed by atoms with Gasteiger partial charge in [0.15, 0.2) is 0 Å². The van der Waals surface area contributed by atoms with Gasteiger partial charge in [-0.2, -0.15) is 0 Å². The molecule has 1 N–H and O–H groups in total. The maximum absolute atomic E-state index is 11.4. The van der Waals surface area contributed by atoms with Crippen LogP contribution in [0.2, 0.25) is 0 Å². The molecule has 0 unspecified atom stereocenters. The third-order valence-corrected chi connectivity index (χ3v) is 2.83. The lowest BCUT2D eigenvalue weighted by molar-refractivity contribution is -0.146.